The average Bonchev–Trinajstić information content (AvgIpc) is 2.43. The fourth-order valence-electron chi connectivity index (χ4n) is 1.55. The summed E-state index contributed by atoms with van der Waals surface area (Å²) in [7, 11) is 0. The van der Waals surface area contributed by atoms with E-state index in [9.17, 15) is 14.0 Å². The van der Waals surface area contributed by atoms with Crippen LogP contribution in [0.4, 0.5) is 21.5 Å². The quantitative estimate of drug-likeness (QED) is 0.589. The Bertz CT molecular complexity index is 706. The van der Waals surface area contributed by atoms with Gasteiger partial charge in [-0.1, -0.05) is 17.7 Å². The van der Waals surface area contributed by atoms with Gasteiger partial charge in [0.1, 0.15) is 5.82 Å². The summed E-state index contributed by atoms with van der Waals surface area (Å²) in [5, 5.41) is 4.90. The maximum Gasteiger partial charge on any atom is 0.314 e. The Labute approximate surface area is 124 Å². The smallest absolute Gasteiger partial charge is 0.314 e. The number of amides is 2. The van der Waals surface area contributed by atoms with E-state index in [4.69, 9.17) is 17.3 Å². The van der Waals surface area contributed by atoms with E-state index in [1.807, 2.05) is 0 Å². The molecule has 21 heavy (non-hydrogen) atoms. The van der Waals surface area contributed by atoms with Crippen molar-refractivity contribution in [3.63, 3.8) is 0 Å². The van der Waals surface area contributed by atoms with Crippen molar-refractivity contribution in [2.45, 2.75) is 0 Å². The van der Waals surface area contributed by atoms with E-state index >= 15 is 0 Å². The topological polar surface area (TPSA) is 84.2 Å². The highest BCUT2D eigenvalue weighted by Gasteiger charge is 2.14. The average molecular weight is 308 g/mol. The van der Waals surface area contributed by atoms with Crippen molar-refractivity contribution in [1.29, 1.82) is 0 Å². The molecule has 0 aliphatic heterocycles. The summed E-state index contributed by atoms with van der Waals surface area (Å²) in [5.41, 5.74) is 6.41. The van der Waals surface area contributed by atoms with E-state index in [0.29, 0.717) is 11.4 Å². The highest BCUT2D eigenvalue weighted by molar-refractivity contribution is 6.43. The highest BCUT2D eigenvalue weighted by atomic mass is 35.5. The second kappa shape index (κ2) is 6.23. The lowest BCUT2D eigenvalue weighted by molar-refractivity contribution is -0.133. The van der Waals surface area contributed by atoms with Gasteiger partial charge in [-0.25, -0.2) is 4.39 Å². The first kappa shape index (κ1) is 14.8. The number of nitrogens with two attached hydrogens (primary N) is 1. The Morgan fingerprint density at radius 1 is 1.00 bits per heavy atom. The molecule has 2 rings (SSSR count). The van der Waals surface area contributed by atoms with Crippen molar-refractivity contribution in [1.82, 2.24) is 0 Å². The number of nitrogens with one attached hydrogen (secondary N) is 2. The van der Waals surface area contributed by atoms with Gasteiger partial charge in [-0.3, -0.25) is 9.59 Å². The van der Waals surface area contributed by atoms with Crippen LogP contribution in [-0.4, -0.2) is 11.8 Å². The Hall–Kier alpha value is -2.60. The number of carbonyl (C=O) groups excluding carboxylic acids is 2. The predicted octanol–water partition coefficient (Wildman–Crippen LogP) is 2.64. The van der Waals surface area contributed by atoms with Crippen LogP contribution in [0.5, 0.6) is 0 Å². The molecule has 0 aliphatic rings. The number of nitrogen functional groups attached to an aromatic ring is 1. The lowest BCUT2D eigenvalue weighted by Gasteiger charge is -2.07. The Morgan fingerprint density at radius 2 is 1.62 bits per heavy atom. The molecule has 5 nitrogen and oxygen atoms in total. The van der Waals surface area contributed by atoms with Crippen molar-refractivity contribution in [2.24, 2.45) is 0 Å². The van der Waals surface area contributed by atoms with Crippen molar-refractivity contribution >= 4 is 40.5 Å². The molecular weight excluding hydrogens is 297 g/mol. The van der Waals surface area contributed by atoms with Crippen LogP contribution in [0.2, 0.25) is 5.02 Å². The molecule has 2 amide bonds. The Kier molecular flexibility index (Phi) is 4.39. The zero-order chi connectivity index (χ0) is 15.4. The molecule has 2 aromatic carbocycles. The third-order valence-electron chi connectivity index (χ3n) is 2.55. The molecule has 0 saturated carbocycles. The van der Waals surface area contributed by atoms with Crippen LogP contribution < -0.4 is 16.4 Å². The van der Waals surface area contributed by atoms with Gasteiger partial charge in [0.25, 0.3) is 0 Å². The molecule has 0 saturated heterocycles. The van der Waals surface area contributed by atoms with Gasteiger partial charge in [-0.15, -0.1) is 0 Å². The van der Waals surface area contributed by atoms with Gasteiger partial charge in [0, 0.05) is 11.4 Å². The summed E-state index contributed by atoms with van der Waals surface area (Å²) < 4.78 is 13.0. The van der Waals surface area contributed by atoms with Gasteiger partial charge < -0.3 is 16.4 Å². The van der Waals surface area contributed by atoms with E-state index < -0.39 is 17.6 Å². The van der Waals surface area contributed by atoms with Crippen molar-refractivity contribution in [2.75, 3.05) is 16.4 Å². The molecule has 0 aliphatic carbocycles. The molecule has 0 spiro atoms. The van der Waals surface area contributed by atoms with Crippen molar-refractivity contribution in [3.05, 3.63) is 53.3 Å². The van der Waals surface area contributed by atoms with E-state index in [1.165, 1.54) is 36.4 Å². The number of anilines is 3. The first-order chi connectivity index (χ1) is 9.95. The number of carbonyl (C=O) groups is 2. The Balaban J connectivity index is 2.02. The van der Waals surface area contributed by atoms with Gasteiger partial charge in [-0.05, 0) is 36.4 Å². The molecule has 0 atom stereocenters. The Morgan fingerprint density at radius 3 is 2.19 bits per heavy atom. The number of benzene rings is 2. The van der Waals surface area contributed by atoms with Crippen LogP contribution in [0.1, 0.15) is 0 Å². The molecule has 2 aromatic rings. The largest absolute Gasteiger partial charge is 0.398 e. The van der Waals surface area contributed by atoms with Crippen LogP contribution in [0.3, 0.4) is 0 Å². The molecule has 0 aromatic heterocycles. The van der Waals surface area contributed by atoms with Crippen molar-refractivity contribution < 1.29 is 14.0 Å². The van der Waals surface area contributed by atoms with Gasteiger partial charge in [0.15, 0.2) is 0 Å². The van der Waals surface area contributed by atoms with Crippen LogP contribution in [0.15, 0.2) is 42.5 Å². The first-order valence-corrected chi connectivity index (χ1v) is 6.26. The first-order valence-electron chi connectivity index (χ1n) is 5.88. The van der Waals surface area contributed by atoms with Crippen LogP contribution >= 0.6 is 11.6 Å². The number of hydrogen-bond acceptors (Lipinski definition) is 3. The summed E-state index contributed by atoms with van der Waals surface area (Å²) in [6, 6.07) is 9.65. The van der Waals surface area contributed by atoms with Crippen LogP contribution in [0, 0.1) is 5.82 Å². The second-order valence-corrected chi connectivity index (χ2v) is 4.56. The standard InChI is InChI=1S/C14H11ClFN3O2/c15-11-7-10(4-5-12(11)17)19-14(21)13(20)18-9-3-1-2-8(16)6-9/h1-7H,17H2,(H,18,20)(H,19,21). The molecule has 0 unspecified atom stereocenters. The molecule has 108 valence electrons. The minimum Gasteiger partial charge on any atom is -0.398 e. The SMILES string of the molecule is Nc1ccc(NC(=O)C(=O)Nc2cccc(F)c2)cc1Cl. The molecule has 0 fully saturated rings. The monoisotopic (exact) mass is 307 g/mol. The summed E-state index contributed by atoms with van der Waals surface area (Å²) in [6.45, 7) is 0. The zero-order valence-electron chi connectivity index (χ0n) is 10.7. The van der Waals surface area contributed by atoms with Crippen LogP contribution in [-0.2, 0) is 9.59 Å². The van der Waals surface area contributed by atoms with Crippen LogP contribution in [0.25, 0.3) is 0 Å². The molecular formula is C14H11ClFN3O2. The van der Waals surface area contributed by atoms with E-state index in [-0.39, 0.29) is 10.7 Å². The maximum atomic E-state index is 13.0. The number of hydrogen-bond donors (Lipinski definition) is 3. The zero-order valence-corrected chi connectivity index (χ0v) is 11.4. The molecule has 7 heteroatoms. The summed E-state index contributed by atoms with van der Waals surface area (Å²) in [6.07, 6.45) is 0. The predicted molar refractivity (Wildman–Crippen MR) is 79.5 cm³/mol. The van der Waals surface area contributed by atoms with E-state index in [2.05, 4.69) is 10.6 Å². The molecule has 4 N–H and O–H groups in total. The number of rotatable bonds is 2. The summed E-state index contributed by atoms with van der Waals surface area (Å²) >= 11 is 5.81. The molecule has 0 bridgehead atoms. The van der Waals surface area contributed by atoms with Gasteiger partial charge in [0.2, 0.25) is 0 Å². The van der Waals surface area contributed by atoms with E-state index in [1.54, 1.807) is 0 Å². The third-order valence-corrected chi connectivity index (χ3v) is 2.87. The summed E-state index contributed by atoms with van der Waals surface area (Å²) in [4.78, 5) is 23.4. The molecule has 0 radical (unpaired) electrons. The fraction of sp³-hybridized carbons (Fsp3) is 0. The van der Waals surface area contributed by atoms with E-state index in [0.717, 1.165) is 6.07 Å². The minimum absolute atomic E-state index is 0.186. The lowest BCUT2D eigenvalue weighted by Crippen LogP contribution is -2.29. The second-order valence-electron chi connectivity index (χ2n) is 4.15. The summed E-state index contributed by atoms with van der Waals surface area (Å²) in [5.74, 6) is -2.34. The van der Waals surface area contributed by atoms with Gasteiger partial charge >= 0.3 is 11.8 Å². The lowest BCUT2D eigenvalue weighted by atomic mass is 10.2. The van der Waals surface area contributed by atoms with Gasteiger partial charge in [0.05, 0.1) is 10.7 Å². The maximum absolute atomic E-state index is 13.0. The van der Waals surface area contributed by atoms with Gasteiger partial charge in [-0.2, -0.15) is 0 Å². The highest BCUT2D eigenvalue weighted by Crippen LogP contribution is 2.22. The van der Waals surface area contributed by atoms with Crippen molar-refractivity contribution in [3.8, 4) is 0 Å². The minimum atomic E-state index is -0.923. The number of halogens is 2. The third kappa shape index (κ3) is 3.93. The fourth-order valence-corrected chi connectivity index (χ4v) is 1.73. The molecule has 0 heterocycles. The normalized spacial score (nSPS) is 10.0.